The molecule has 0 aromatic rings. The van der Waals surface area contributed by atoms with Gasteiger partial charge in [0.2, 0.25) is 0 Å². The van der Waals surface area contributed by atoms with E-state index in [9.17, 15) is 9.59 Å². The lowest BCUT2D eigenvalue weighted by molar-refractivity contribution is -0.121. The average molecular weight is 241 g/mol. The molecular weight excluding hydrogens is 226 g/mol. The molecule has 0 saturated heterocycles. The van der Waals surface area contributed by atoms with Crippen molar-refractivity contribution >= 4 is 23.6 Å². The van der Waals surface area contributed by atoms with Crippen molar-refractivity contribution in [3.05, 3.63) is 11.6 Å². The van der Waals surface area contributed by atoms with Gasteiger partial charge in [0.1, 0.15) is 5.78 Å². The van der Waals surface area contributed by atoms with Crippen molar-refractivity contribution in [2.75, 3.05) is 6.61 Å². The molecule has 1 saturated carbocycles. The number of rotatable bonds is 2. The smallest absolute Gasteiger partial charge is 0.414 e. The molecule has 0 spiro atoms. The maximum atomic E-state index is 11.7. The molecule has 2 unspecified atom stereocenters. The third-order valence-electron chi connectivity index (χ3n) is 2.89. The highest BCUT2D eigenvalue weighted by Crippen LogP contribution is 2.38. The van der Waals surface area contributed by atoms with Crippen molar-refractivity contribution in [3.63, 3.8) is 0 Å². The third kappa shape index (κ3) is 2.09. The van der Waals surface area contributed by atoms with Crippen LogP contribution in [0.4, 0.5) is 4.79 Å². The number of Topliss-reactive ketones (excluding diaryl/α,β-unsaturated/α-hetero) is 1. The lowest BCUT2D eigenvalue weighted by atomic mass is 10.1. The van der Waals surface area contributed by atoms with E-state index in [2.05, 4.69) is 0 Å². The molecule has 16 heavy (non-hydrogen) atoms. The first-order valence-corrected chi connectivity index (χ1v) is 6.48. The van der Waals surface area contributed by atoms with Crippen LogP contribution in [0.25, 0.3) is 0 Å². The Hall–Kier alpha value is -0.970. The third-order valence-corrected chi connectivity index (χ3v) is 4.00. The number of amides is 1. The minimum atomic E-state index is -0.353. The molecule has 1 aliphatic carbocycles. The van der Waals surface area contributed by atoms with Crippen LogP contribution in [0.3, 0.4) is 0 Å². The molecular formula is C11H15NO3S. The van der Waals surface area contributed by atoms with Gasteiger partial charge in [-0.2, -0.15) is 0 Å². The number of ketones is 1. The van der Waals surface area contributed by atoms with Gasteiger partial charge in [-0.1, -0.05) is 0 Å². The quantitative estimate of drug-likeness (QED) is 0.744. The van der Waals surface area contributed by atoms with Crippen molar-refractivity contribution in [1.29, 1.82) is 0 Å². The Labute approximate surface area is 99.0 Å². The van der Waals surface area contributed by atoms with Crippen LogP contribution in [-0.2, 0) is 9.53 Å². The Morgan fingerprint density at radius 1 is 1.69 bits per heavy atom. The number of ether oxygens (including phenoxy) is 1. The van der Waals surface area contributed by atoms with E-state index in [-0.39, 0.29) is 23.2 Å². The first-order chi connectivity index (χ1) is 7.74. The fraction of sp³-hybridized carbons (Fsp3) is 0.636. The second-order valence-electron chi connectivity index (χ2n) is 3.88. The monoisotopic (exact) mass is 241 g/mol. The molecule has 0 radical (unpaired) electrons. The molecule has 1 amide bonds. The van der Waals surface area contributed by atoms with E-state index in [0.717, 1.165) is 12.8 Å². The highest BCUT2D eigenvalue weighted by atomic mass is 32.2. The molecule has 1 aliphatic heterocycles. The van der Waals surface area contributed by atoms with Gasteiger partial charge in [0.15, 0.2) is 0 Å². The fourth-order valence-corrected chi connectivity index (χ4v) is 3.25. The zero-order valence-corrected chi connectivity index (χ0v) is 10.0. The Bertz CT molecular complexity index is 329. The molecule has 5 heteroatoms. The summed E-state index contributed by atoms with van der Waals surface area (Å²) >= 11 is 1.53. The normalized spacial score (nSPS) is 28.8. The Kier molecular flexibility index (Phi) is 3.53. The SMILES string of the molecule is CCOC(=O)N1C=CSC1C1CCCC1=O. The summed E-state index contributed by atoms with van der Waals surface area (Å²) in [6, 6.07) is 0. The van der Waals surface area contributed by atoms with Gasteiger partial charge in [-0.3, -0.25) is 9.69 Å². The maximum Gasteiger partial charge on any atom is 0.414 e. The summed E-state index contributed by atoms with van der Waals surface area (Å²) in [4.78, 5) is 24.9. The van der Waals surface area contributed by atoms with Crippen molar-refractivity contribution in [1.82, 2.24) is 4.90 Å². The first-order valence-electron chi connectivity index (χ1n) is 5.54. The standard InChI is InChI=1S/C11H15NO3S/c1-2-15-11(14)12-6-7-16-10(12)8-4-3-5-9(8)13/h6-8,10H,2-5H2,1H3. The second-order valence-corrected chi connectivity index (χ2v) is 4.91. The first kappa shape index (κ1) is 11.5. The second kappa shape index (κ2) is 4.91. The summed E-state index contributed by atoms with van der Waals surface area (Å²) in [6.45, 7) is 2.14. The number of hydrogen-bond acceptors (Lipinski definition) is 4. The summed E-state index contributed by atoms with van der Waals surface area (Å²) in [5.41, 5.74) is 0. The van der Waals surface area contributed by atoms with Gasteiger partial charge in [0.25, 0.3) is 0 Å². The molecule has 1 heterocycles. The molecule has 1 fully saturated rings. The van der Waals surface area contributed by atoms with Gasteiger partial charge in [0, 0.05) is 18.5 Å². The molecule has 0 N–H and O–H groups in total. The summed E-state index contributed by atoms with van der Waals surface area (Å²) < 4.78 is 4.96. The van der Waals surface area contributed by atoms with Crippen molar-refractivity contribution in [2.24, 2.45) is 5.92 Å². The van der Waals surface area contributed by atoms with E-state index >= 15 is 0 Å². The van der Waals surface area contributed by atoms with Crippen LogP contribution < -0.4 is 0 Å². The average Bonchev–Trinajstić information content (AvgIpc) is 2.85. The summed E-state index contributed by atoms with van der Waals surface area (Å²) in [5.74, 6) is 0.250. The van der Waals surface area contributed by atoms with E-state index in [4.69, 9.17) is 4.74 Å². The van der Waals surface area contributed by atoms with Gasteiger partial charge in [-0.05, 0) is 25.2 Å². The zero-order valence-electron chi connectivity index (χ0n) is 9.22. The predicted octanol–water partition coefficient (Wildman–Crippen LogP) is 2.36. The van der Waals surface area contributed by atoms with Crippen LogP contribution in [0.5, 0.6) is 0 Å². The molecule has 0 bridgehead atoms. The van der Waals surface area contributed by atoms with E-state index in [1.807, 2.05) is 5.41 Å². The molecule has 0 aromatic carbocycles. The topological polar surface area (TPSA) is 46.6 Å². The van der Waals surface area contributed by atoms with Gasteiger partial charge in [0.05, 0.1) is 12.0 Å². The van der Waals surface area contributed by atoms with Crippen molar-refractivity contribution in [3.8, 4) is 0 Å². The zero-order chi connectivity index (χ0) is 11.5. The predicted molar refractivity (Wildman–Crippen MR) is 61.7 cm³/mol. The summed E-state index contributed by atoms with van der Waals surface area (Å²) in [6.07, 6.45) is 3.83. The molecule has 4 nitrogen and oxygen atoms in total. The van der Waals surface area contributed by atoms with Crippen molar-refractivity contribution < 1.29 is 14.3 Å². The van der Waals surface area contributed by atoms with Crippen LogP contribution >= 0.6 is 11.8 Å². The van der Waals surface area contributed by atoms with Gasteiger partial charge in [-0.25, -0.2) is 4.79 Å². The van der Waals surface area contributed by atoms with Gasteiger partial charge >= 0.3 is 6.09 Å². The summed E-state index contributed by atoms with van der Waals surface area (Å²) in [7, 11) is 0. The number of thioether (sulfide) groups is 1. The van der Waals surface area contributed by atoms with E-state index < -0.39 is 0 Å². The Morgan fingerprint density at radius 2 is 2.50 bits per heavy atom. The van der Waals surface area contributed by atoms with Crippen LogP contribution in [0.1, 0.15) is 26.2 Å². The summed E-state index contributed by atoms with van der Waals surface area (Å²) in [5, 5.41) is 1.77. The van der Waals surface area contributed by atoms with Crippen LogP contribution in [0, 0.1) is 5.92 Å². The maximum absolute atomic E-state index is 11.7. The molecule has 88 valence electrons. The van der Waals surface area contributed by atoms with Crippen LogP contribution in [-0.4, -0.2) is 28.8 Å². The Morgan fingerprint density at radius 3 is 3.12 bits per heavy atom. The number of carbonyl (C=O) groups excluding carboxylic acids is 2. The number of nitrogens with zero attached hydrogens (tertiary/aromatic N) is 1. The van der Waals surface area contributed by atoms with E-state index in [1.54, 1.807) is 18.0 Å². The van der Waals surface area contributed by atoms with E-state index in [1.165, 1.54) is 11.8 Å². The minimum Gasteiger partial charge on any atom is -0.449 e. The van der Waals surface area contributed by atoms with Gasteiger partial charge < -0.3 is 4.74 Å². The highest BCUT2D eigenvalue weighted by Gasteiger charge is 2.39. The highest BCUT2D eigenvalue weighted by molar-refractivity contribution is 8.02. The molecule has 2 atom stereocenters. The Balaban J connectivity index is 2.04. The lowest BCUT2D eigenvalue weighted by Crippen LogP contribution is -2.38. The van der Waals surface area contributed by atoms with E-state index in [0.29, 0.717) is 13.0 Å². The lowest BCUT2D eigenvalue weighted by Gasteiger charge is -2.25. The largest absolute Gasteiger partial charge is 0.449 e. The molecule has 2 aliphatic rings. The molecule has 2 rings (SSSR count). The van der Waals surface area contributed by atoms with Gasteiger partial charge in [-0.15, -0.1) is 11.8 Å². The minimum absolute atomic E-state index is 0.0237. The van der Waals surface area contributed by atoms with Crippen LogP contribution in [0.2, 0.25) is 0 Å². The fourth-order valence-electron chi connectivity index (χ4n) is 2.13. The number of hydrogen-bond donors (Lipinski definition) is 0. The number of carbonyl (C=O) groups is 2. The van der Waals surface area contributed by atoms with Crippen LogP contribution in [0.15, 0.2) is 11.6 Å². The van der Waals surface area contributed by atoms with Crippen molar-refractivity contribution in [2.45, 2.75) is 31.6 Å². The molecule has 0 aromatic heterocycles.